The first-order chi connectivity index (χ1) is 19.0. The number of nitrogens with one attached hydrogen (secondary N) is 2. The van der Waals surface area contributed by atoms with E-state index >= 15 is 0 Å². The summed E-state index contributed by atoms with van der Waals surface area (Å²) in [6.07, 6.45) is 19.4. The van der Waals surface area contributed by atoms with Crippen LogP contribution < -0.4 is 0 Å². The molecule has 2 aromatic heterocycles. The van der Waals surface area contributed by atoms with E-state index in [1.54, 1.807) is 12.4 Å². The van der Waals surface area contributed by atoms with E-state index < -0.39 is 5.41 Å². The molecule has 208 valence electrons. The van der Waals surface area contributed by atoms with Gasteiger partial charge in [0.1, 0.15) is 11.6 Å². The molecule has 0 unspecified atom stereocenters. The number of piperidine rings is 1. The number of hydrogen-bond donors (Lipinski definition) is 2. The lowest BCUT2D eigenvalue weighted by atomic mass is 9.76. The summed E-state index contributed by atoms with van der Waals surface area (Å²) in [7, 11) is 0. The Morgan fingerprint density at radius 1 is 0.923 bits per heavy atom. The summed E-state index contributed by atoms with van der Waals surface area (Å²) in [4.78, 5) is 34.4. The standard InChI is InChI=1S/C32H44N6O/c1-31(21-28-33-14-15-34-28,22-29-35-16-17-36-29)30(39)26-9-7-25(8-10-26)23-37-18-11-32(24-37)12-19-38(20-13-32)27-5-3-2-4-6-27/h7-10,14-17,27H,2-6,11-13,18-24H2,1H3,(H,33,34)(H,35,36). The Kier molecular flexibility index (Phi) is 7.72. The molecule has 7 nitrogen and oxygen atoms in total. The second kappa shape index (κ2) is 11.4. The van der Waals surface area contributed by atoms with Crippen LogP contribution in [0.3, 0.4) is 0 Å². The van der Waals surface area contributed by atoms with Crippen LogP contribution in [0.1, 0.15) is 85.9 Å². The van der Waals surface area contributed by atoms with Crippen molar-refractivity contribution in [3.63, 3.8) is 0 Å². The molecular formula is C32H44N6O. The molecule has 0 atom stereocenters. The lowest BCUT2D eigenvalue weighted by Crippen LogP contribution is -2.46. The second-order valence-corrected chi connectivity index (χ2v) is 12.8. The summed E-state index contributed by atoms with van der Waals surface area (Å²) in [5.41, 5.74) is 1.92. The highest BCUT2D eigenvalue weighted by Gasteiger charge is 2.41. The number of H-pyrrole nitrogens is 2. The maximum Gasteiger partial charge on any atom is 0.169 e. The van der Waals surface area contributed by atoms with Gasteiger partial charge in [-0.2, -0.15) is 0 Å². The smallest absolute Gasteiger partial charge is 0.169 e. The van der Waals surface area contributed by atoms with E-state index in [2.05, 4.69) is 41.9 Å². The molecule has 1 spiro atoms. The van der Waals surface area contributed by atoms with Crippen molar-refractivity contribution in [2.45, 2.75) is 83.7 Å². The third-order valence-electron chi connectivity index (χ3n) is 9.86. The molecule has 4 heterocycles. The summed E-state index contributed by atoms with van der Waals surface area (Å²) in [6, 6.07) is 9.22. The minimum atomic E-state index is -0.648. The Morgan fingerprint density at radius 2 is 1.54 bits per heavy atom. The van der Waals surface area contributed by atoms with Gasteiger partial charge < -0.3 is 14.9 Å². The number of benzene rings is 1. The monoisotopic (exact) mass is 528 g/mol. The molecule has 0 radical (unpaired) electrons. The van der Waals surface area contributed by atoms with E-state index in [1.165, 1.54) is 83.1 Å². The average Bonchev–Trinajstić information content (AvgIpc) is 3.74. The Morgan fingerprint density at radius 3 is 2.13 bits per heavy atom. The van der Waals surface area contributed by atoms with Crippen molar-refractivity contribution in [2.24, 2.45) is 10.8 Å². The number of hydrogen-bond acceptors (Lipinski definition) is 5. The predicted molar refractivity (Wildman–Crippen MR) is 153 cm³/mol. The third-order valence-corrected chi connectivity index (χ3v) is 9.86. The van der Waals surface area contributed by atoms with E-state index in [4.69, 9.17) is 0 Å². The molecule has 1 saturated carbocycles. The van der Waals surface area contributed by atoms with Gasteiger partial charge in [0, 0.05) is 67.7 Å². The van der Waals surface area contributed by atoms with Gasteiger partial charge in [-0.3, -0.25) is 9.69 Å². The molecule has 6 rings (SSSR count). The summed E-state index contributed by atoms with van der Waals surface area (Å²) in [5, 5.41) is 0. The molecule has 39 heavy (non-hydrogen) atoms. The van der Waals surface area contributed by atoms with Gasteiger partial charge in [0.15, 0.2) is 5.78 Å². The largest absolute Gasteiger partial charge is 0.349 e. The Balaban J connectivity index is 1.06. The van der Waals surface area contributed by atoms with Gasteiger partial charge in [-0.25, -0.2) is 9.97 Å². The lowest BCUT2D eigenvalue weighted by Gasteiger charge is -2.43. The Labute approximate surface area is 232 Å². The van der Waals surface area contributed by atoms with E-state index in [0.29, 0.717) is 18.3 Å². The minimum absolute atomic E-state index is 0.131. The molecule has 2 saturated heterocycles. The van der Waals surface area contributed by atoms with Crippen LogP contribution in [-0.4, -0.2) is 67.7 Å². The highest BCUT2D eigenvalue weighted by Crippen LogP contribution is 2.42. The van der Waals surface area contributed by atoms with Crippen molar-refractivity contribution in [1.29, 1.82) is 0 Å². The second-order valence-electron chi connectivity index (χ2n) is 12.8. The first kappa shape index (κ1) is 26.5. The van der Waals surface area contributed by atoms with Crippen LogP contribution in [0.2, 0.25) is 0 Å². The molecule has 0 bridgehead atoms. The molecule has 3 aliphatic rings. The zero-order valence-electron chi connectivity index (χ0n) is 23.5. The predicted octanol–water partition coefficient (Wildman–Crippen LogP) is 5.43. The molecular weight excluding hydrogens is 484 g/mol. The Hall–Kier alpha value is -2.77. The van der Waals surface area contributed by atoms with Crippen LogP contribution in [0.25, 0.3) is 0 Å². The normalized spacial score (nSPS) is 21.1. The van der Waals surface area contributed by atoms with E-state index in [9.17, 15) is 4.79 Å². The van der Waals surface area contributed by atoms with Crippen molar-refractivity contribution < 1.29 is 4.79 Å². The van der Waals surface area contributed by atoms with Crippen LogP contribution in [0.15, 0.2) is 49.1 Å². The number of aromatic nitrogens is 4. The van der Waals surface area contributed by atoms with Gasteiger partial charge in [0.05, 0.1) is 0 Å². The number of carbonyl (C=O) groups excluding carboxylic acids is 1. The quantitative estimate of drug-likeness (QED) is 0.362. The van der Waals surface area contributed by atoms with Crippen LogP contribution in [0, 0.1) is 10.8 Å². The number of rotatable bonds is 9. The summed E-state index contributed by atoms with van der Waals surface area (Å²) < 4.78 is 0. The number of ketones is 1. The average molecular weight is 529 g/mol. The number of nitrogens with zero attached hydrogens (tertiary/aromatic N) is 4. The van der Waals surface area contributed by atoms with Crippen molar-refractivity contribution in [3.05, 3.63) is 71.8 Å². The number of aromatic amines is 2. The highest BCUT2D eigenvalue weighted by molar-refractivity contribution is 6.00. The van der Waals surface area contributed by atoms with Gasteiger partial charge in [-0.05, 0) is 62.7 Å². The van der Waals surface area contributed by atoms with Crippen molar-refractivity contribution in [2.75, 3.05) is 26.2 Å². The van der Waals surface area contributed by atoms with Crippen LogP contribution >= 0.6 is 0 Å². The molecule has 7 heteroatoms. The van der Waals surface area contributed by atoms with Gasteiger partial charge in [-0.1, -0.05) is 50.5 Å². The van der Waals surface area contributed by atoms with Crippen molar-refractivity contribution in [1.82, 2.24) is 29.7 Å². The fourth-order valence-corrected chi connectivity index (χ4v) is 7.50. The maximum atomic E-state index is 13.8. The summed E-state index contributed by atoms with van der Waals surface area (Å²) in [6.45, 7) is 8.00. The Bertz CT molecular complexity index is 1150. The number of Topliss-reactive ketones (excluding diaryl/α,β-unsaturated/α-hetero) is 1. The van der Waals surface area contributed by atoms with Gasteiger partial charge in [0.25, 0.3) is 0 Å². The number of carbonyl (C=O) groups is 1. The molecule has 2 aliphatic heterocycles. The van der Waals surface area contributed by atoms with Gasteiger partial charge >= 0.3 is 0 Å². The summed E-state index contributed by atoms with van der Waals surface area (Å²) in [5.74, 6) is 1.77. The molecule has 2 N–H and O–H groups in total. The number of likely N-dealkylation sites (tertiary alicyclic amines) is 2. The van der Waals surface area contributed by atoms with E-state index in [0.717, 1.165) is 29.8 Å². The van der Waals surface area contributed by atoms with Crippen LogP contribution in [-0.2, 0) is 19.4 Å². The summed E-state index contributed by atoms with van der Waals surface area (Å²) >= 11 is 0. The number of imidazole rings is 2. The van der Waals surface area contributed by atoms with Crippen LogP contribution in [0.5, 0.6) is 0 Å². The van der Waals surface area contributed by atoms with Crippen molar-refractivity contribution >= 4 is 5.78 Å². The van der Waals surface area contributed by atoms with Gasteiger partial charge in [0.2, 0.25) is 0 Å². The molecule has 0 amide bonds. The molecule has 3 aromatic rings. The molecule has 1 aliphatic carbocycles. The highest BCUT2D eigenvalue weighted by atomic mass is 16.1. The topological polar surface area (TPSA) is 80.9 Å². The third kappa shape index (κ3) is 6.04. The van der Waals surface area contributed by atoms with E-state index in [-0.39, 0.29) is 5.78 Å². The van der Waals surface area contributed by atoms with Crippen molar-refractivity contribution in [3.8, 4) is 0 Å². The molecule has 1 aromatic carbocycles. The first-order valence-electron chi connectivity index (χ1n) is 15.1. The zero-order chi connectivity index (χ0) is 26.7. The zero-order valence-corrected chi connectivity index (χ0v) is 23.5. The van der Waals surface area contributed by atoms with Gasteiger partial charge in [-0.15, -0.1) is 0 Å². The SMILES string of the molecule is CC(Cc1ncc[nH]1)(Cc1ncc[nH]1)C(=O)c1ccc(CN2CCC3(CCN(C4CCCCC4)CC3)C2)cc1. The molecule has 3 fully saturated rings. The van der Waals surface area contributed by atoms with E-state index in [1.807, 2.05) is 31.5 Å². The fraction of sp³-hybridized carbons (Fsp3) is 0.594. The maximum absolute atomic E-state index is 13.8. The fourth-order valence-electron chi connectivity index (χ4n) is 7.50. The van der Waals surface area contributed by atoms with Crippen LogP contribution in [0.4, 0.5) is 0 Å². The first-order valence-corrected chi connectivity index (χ1v) is 15.1. The lowest BCUT2D eigenvalue weighted by molar-refractivity contribution is 0.0615. The minimum Gasteiger partial charge on any atom is -0.349 e.